The van der Waals surface area contributed by atoms with Gasteiger partial charge >= 0.3 is 0 Å². The highest BCUT2D eigenvalue weighted by atomic mass is 35.5. The summed E-state index contributed by atoms with van der Waals surface area (Å²) in [7, 11) is -3.34. The Labute approximate surface area is 183 Å². The van der Waals surface area contributed by atoms with E-state index in [9.17, 15) is 13.2 Å². The third kappa shape index (κ3) is 4.56. The second-order valence-electron chi connectivity index (χ2n) is 6.89. The zero-order chi connectivity index (χ0) is 21.3. The summed E-state index contributed by atoms with van der Waals surface area (Å²) in [5, 5.41) is 8.61. The van der Waals surface area contributed by atoms with Crippen LogP contribution in [0, 0.1) is 0 Å². The van der Waals surface area contributed by atoms with Gasteiger partial charge in [0.25, 0.3) is 5.91 Å². The third-order valence-corrected chi connectivity index (χ3v) is 6.40. The molecule has 6 nitrogen and oxygen atoms in total. The largest absolute Gasteiger partial charge is 0.284 e. The quantitative estimate of drug-likeness (QED) is 0.597. The molecule has 0 fully saturated rings. The first-order valence-electron chi connectivity index (χ1n) is 9.08. The number of anilines is 1. The van der Waals surface area contributed by atoms with E-state index in [-0.39, 0.29) is 11.9 Å². The number of benzene rings is 2. The lowest BCUT2D eigenvalue weighted by Crippen LogP contribution is -2.26. The summed E-state index contributed by atoms with van der Waals surface area (Å²) >= 11 is 7.64. The normalized spacial score (nSPS) is 16.4. The van der Waals surface area contributed by atoms with Crippen molar-refractivity contribution in [2.24, 2.45) is 5.10 Å². The number of sulfonamides is 1. The molecule has 1 aromatic heterocycles. The summed E-state index contributed by atoms with van der Waals surface area (Å²) < 4.78 is 25.3. The Kier molecular flexibility index (Phi) is 5.64. The molecule has 1 amide bonds. The van der Waals surface area contributed by atoms with Gasteiger partial charge in [-0.1, -0.05) is 35.9 Å². The lowest BCUT2D eigenvalue weighted by atomic mass is 10.0. The molecule has 1 atom stereocenters. The maximum atomic E-state index is 13.2. The number of carbonyl (C=O) groups excluding carboxylic acids is 1. The second-order valence-corrected chi connectivity index (χ2v) is 10.1. The minimum Gasteiger partial charge on any atom is -0.284 e. The topological polar surface area (TPSA) is 78.8 Å². The van der Waals surface area contributed by atoms with E-state index in [1.807, 2.05) is 17.5 Å². The van der Waals surface area contributed by atoms with Crippen LogP contribution >= 0.6 is 22.9 Å². The average molecular weight is 460 g/mol. The standard InChI is InChI=1S/C21H18ClN3O3S2/c1-30(27,28)24-17-9-7-14(8-10-17)18-13-19(20-6-3-11-29-20)25(23-18)21(26)15-4-2-5-16(22)12-15/h2-12,19,24H,13H2,1H3. The number of nitrogens with one attached hydrogen (secondary N) is 1. The van der Waals surface area contributed by atoms with Crippen LogP contribution in [-0.2, 0) is 10.0 Å². The van der Waals surface area contributed by atoms with E-state index in [0.29, 0.717) is 22.7 Å². The van der Waals surface area contributed by atoms with Crippen molar-refractivity contribution in [3.63, 3.8) is 0 Å². The van der Waals surface area contributed by atoms with E-state index in [0.717, 1.165) is 22.4 Å². The maximum absolute atomic E-state index is 13.2. The first kappa shape index (κ1) is 20.6. The highest BCUT2D eigenvalue weighted by molar-refractivity contribution is 7.92. The van der Waals surface area contributed by atoms with Crippen LogP contribution in [0.2, 0.25) is 5.02 Å². The molecular weight excluding hydrogens is 442 g/mol. The summed E-state index contributed by atoms with van der Waals surface area (Å²) in [5.74, 6) is -0.221. The molecule has 3 aromatic rings. The molecular formula is C21H18ClN3O3S2. The Morgan fingerprint density at radius 2 is 1.93 bits per heavy atom. The smallest absolute Gasteiger partial charge is 0.274 e. The van der Waals surface area contributed by atoms with Gasteiger partial charge in [-0.15, -0.1) is 11.3 Å². The Balaban J connectivity index is 1.66. The number of nitrogens with zero attached hydrogens (tertiary/aromatic N) is 2. The highest BCUT2D eigenvalue weighted by Crippen LogP contribution is 2.36. The Hall–Kier alpha value is -2.68. The van der Waals surface area contributed by atoms with Gasteiger partial charge in [-0.25, -0.2) is 13.4 Å². The number of thiophene rings is 1. The van der Waals surface area contributed by atoms with Crippen LogP contribution in [0.25, 0.3) is 0 Å². The van der Waals surface area contributed by atoms with Crippen molar-refractivity contribution in [2.45, 2.75) is 12.5 Å². The summed E-state index contributed by atoms with van der Waals surface area (Å²) in [4.78, 5) is 14.2. The van der Waals surface area contributed by atoms with Gasteiger partial charge in [0, 0.05) is 27.6 Å². The van der Waals surface area contributed by atoms with Crippen LogP contribution in [0.4, 0.5) is 5.69 Å². The van der Waals surface area contributed by atoms with Crippen LogP contribution in [0.5, 0.6) is 0 Å². The fourth-order valence-corrected chi connectivity index (χ4v) is 4.84. The molecule has 9 heteroatoms. The Bertz CT molecular complexity index is 1210. The van der Waals surface area contributed by atoms with Crippen molar-refractivity contribution in [3.05, 3.63) is 87.1 Å². The summed E-state index contributed by atoms with van der Waals surface area (Å²) in [6.07, 6.45) is 1.67. The van der Waals surface area contributed by atoms with Gasteiger partial charge in [-0.3, -0.25) is 9.52 Å². The van der Waals surface area contributed by atoms with Crippen molar-refractivity contribution in [2.75, 3.05) is 11.0 Å². The average Bonchev–Trinajstić information content (AvgIpc) is 3.36. The molecule has 4 rings (SSSR count). The van der Waals surface area contributed by atoms with Crippen LogP contribution in [0.1, 0.15) is 33.3 Å². The number of hydrazone groups is 1. The maximum Gasteiger partial charge on any atom is 0.274 e. The minimum absolute atomic E-state index is 0.208. The predicted molar refractivity (Wildman–Crippen MR) is 121 cm³/mol. The number of hydrogen-bond donors (Lipinski definition) is 1. The van der Waals surface area contributed by atoms with Gasteiger partial charge in [0.05, 0.1) is 18.0 Å². The van der Waals surface area contributed by atoms with E-state index >= 15 is 0 Å². The number of rotatable bonds is 5. The van der Waals surface area contributed by atoms with Crippen LogP contribution in [0.3, 0.4) is 0 Å². The first-order chi connectivity index (χ1) is 14.3. The Morgan fingerprint density at radius 1 is 1.17 bits per heavy atom. The van der Waals surface area contributed by atoms with Gasteiger partial charge in [0.1, 0.15) is 0 Å². The summed E-state index contributed by atoms with van der Waals surface area (Å²) in [5.41, 5.74) is 2.54. The van der Waals surface area contributed by atoms with Crippen molar-refractivity contribution in [3.8, 4) is 0 Å². The summed E-state index contributed by atoms with van der Waals surface area (Å²) in [6, 6.07) is 17.5. The molecule has 2 aromatic carbocycles. The number of hydrogen-bond acceptors (Lipinski definition) is 5. The molecule has 0 radical (unpaired) electrons. The van der Waals surface area contributed by atoms with Gasteiger partial charge in [0.2, 0.25) is 10.0 Å². The zero-order valence-electron chi connectivity index (χ0n) is 15.9. The molecule has 1 aliphatic heterocycles. The van der Waals surface area contributed by atoms with E-state index < -0.39 is 10.0 Å². The molecule has 0 saturated carbocycles. The third-order valence-electron chi connectivity index (χ3n) is 4.58. The lowest BCUT2D eigenvalue weighted by molar-refractivity contribution is 0.0714. The molecule has 154 valence electrons. The fourth-order valence-electron chi connectivity index (χ4n) is 3.27. The van der Waals surface area contributed by atoms with Gasteiger partial charge in [-0.2, -0.15) is 5.10 Å². The van der Waals surface area contributed by atoms with Crippen molar-refractivity contribution in [1.29, 1.82) is 0 Å². The van der Waals surface area contributed by atoms with Gasteiger partial charge < -0.3 is 0 Å². The number of halogens is 1. The van der Waals surface area contributed by atoms with Crippen LogP contribution in [-0.4, -0.2) is 31.3 Å². The van der Waals surface area contributed by atoms with Crippen LogP contribution in [0.15, 0.2) is 71.1 Å². The molecule has 0 spiro atoms. The zero-order valence-corrected chi connectivity index (χ0v) is 18.3. The van der Waals surface area contributed by atoms with E-state index in [1.54, 1.807) is 59.9 Å². The summed E-state index contributed by atoms with van der Waals surface area (Å²) in [6.45, 7) is 0. The molecule has 1 N–H and O–H groups in total. The first-order valence-corrected chi connectivity index (χ1v) is 12.2. The lowest BCUT2D eigenvalue weighted by Gasteiger charge is -2.20. The molecule has 1 aliphatic rings. The Morgan fingerprint density at radius 3 is 2.57 bits per heavy atom. The molecule has 0 aliphatic carbocycles. The molecule has 2 heterocycles. The van der Waals surface area contributed by atoms with E-state index in [1.165, 1.54) is 5.01 Å². The molecule has 1 unspecified atom stereocenters. The molecule has 30 heavy (non-hydrogen) atoms. The second kappa shape index (κ2) is 8.22. The number of carbonyl (C=O) groups is 1. The molecule has 0 bridgehead atoms. The highest BCUT2D eigenvalue weighted by Gasteiger charge is 2.34. The van der Waals surface area contributed by atoms with E-state index in [2.05, 4.69) is 9.82 Å². The molecule has 0 saturated heterocycles. The van der Waals surface area contributed by atoms with Crippen molar-refractivity contribution >= 4 is 50.3 Å². The van der Waals surface area contributed by atoms with Crippen molar-refractivity contribution in [1.82, 2.24) is 5.01 Å². The van der Waals surface area contributed by atoms with Crippen LogP contribution < -0.4 is 4.72 Å². The SMILES string of the molecule is CS(=O)(=O)Nc1ccc(C2=NN(C(=O)c3cccc(Cl)c3)C(c3cccs3)C2)cc1. The van der Waals surface area contributed by atoms with Gasteiger partial charge in [0.15, 0.2) is 0 Å². The van der Waals surface area contributed by atoms with E-state index in [4.69, 9.17) is 11.6 Å². The van der Waals surface area contributed by atoms with Gasteiger partial charge in [-0.05, 0) is 47.3 Å². The fraction of sp³-hybridized carbons (Fsp3) is 0.143. The number of amides is 1. The predicted octanol–water partition coefficient (Wildman–Crippen LogP) is 4.76. The van der Waals surface area contributed by atoms with Crippen molar-refractivity contribution < 1.29 is 13.2 Å². The monoisotopic (exact) mass is 459 g/mol. The minimum atomic E-state index is -3.34.